The Balaban J connectivity index is 1.99. The Kier molecular flexibility index (Phi) is 3.92. The van der Waals surface area contributed by atoms with Crippen molar-refractivity contribution in [3.8, 4) is 5.75 Å². The lowest BCUT2D eigenvalue weighted by Gasteiger charge is -2.32. The lowest BCUT2D eigenvalue weighted by Crippen LogP contribution is -2.46. The summed E-state index contributed by atoms with van der Waals surface area (Å²) in [5.74, 6) is 0.754. The van der Waals surface area contributed by atoms with Gasteiger partial charge in [0.05, 0.1) is 0 Å². The number of aliphatic hydroxyl groups is 1. The van der Waals surface area contributed by atoms with Crippen molar-refractivity contribution in [2.75, 3.05) is 19.7 Å². The van der Waals surface area contributed by atoms with Crippen molar-refractivity contribution in [1.82, 2.24) is 5.32 Å². The third-order valence-electron chi connectivity index (χ3n) is 3.18. The predicted octanol–water partition coefficient (Wildman–Crippen LogP) is 2.14. The monoisotopic (exact) mass is 255 g/mol. The minimum atomic E-state index is -0.708. The molecule has 1 aliphatic heterocycles. The Morgan fingerprint density at radius 3 is 2.82 bits per heavy atom. The molecule has 1 aliphatic rings. The molecule has 0 aliphatic carbocycles. The average molecular weight is 256 g/mol. The normalized spacial score (nSPS) is 19.0. The van der Waals surface area contributed by atoms with Crippen LogP contribution in [-0.4, -0.2) is 30.4 Å². The van der Waals surface area contributed by atoms with Crippen molar-refractivity contribution in [2.45, 2.75) is 25.4 Å². The van der Waals surface area contributed by atoms with E-state index in [9.17, 15) is 5.11 Å². The quantitative estimate of drug-likeness (QED) is 0.870. The molecule has 0 atom stereocenters. The van der Waals surface area contributed by atoms with Crippen LogP contribution >= 0.6 is 11.6 Å². The first-order valence-corrected chi connectivity index (χ1v) is 6.29. The van der Waals surface area contributed by atoms with E-state index in [1.54, 1.807) is 6.07 Å². The number of halogens is 1. The maximum absolute atomic E-state index is 10.3. The molecule has 94 valence electrons. The number of benzene rings is 1. The third kappa shape index (κ3) is 3.35. The fraction of sp³-hybridized carbons (Fsp3) is 0.538. The van der Waals surface area contributed by atoms with Crippen molar-refractivity contribution < 1.29 is 9.84 Å². The number of aryl methyl sites for hydroxylation is 1. The Morgan fingerprint density at radius 2 is 2.12 bits per heavy atom. The molecule has 1 aromatic rings. The second kappa shape index (κ2) is 5.25. The van der Waals surface area contributed by atoms with Gasteiger partial charge in [0, 0.05) is 5.02 Å². The van der Waals surface area contributed by atoms with Crippen molar-refractivity contribution in [2.24, 2.45) is 0 Å². The Morgan fingerprint density at radius 1 is 1.41 bits per heavy atom. The molecule has 0 spiro atoms. The highest BCUT2D eigenvalue weighted by Gasteiger charge is 2.30. The summed E-state index contributed by atoms with van der Waals surface area (Å²) in [6, 6.07) is 5.55. The van der Waals surface area contributed by atoms with Gasteiger partial charge in [-0.1, -0.05) is 17.7 Å². The van der Waals surface area contributed by atoms with E-state index in [1.807, 2.05) is 19.1 Å². The standard InChI is InChI=1S/C13H18ClNO2/c1-10-2-3-11(14)8-12(10)17-9-13(16)4-6-15-7-5-13/h2-3,8,15-16H,4-7,9H2,1H3. The number of hydrogen-bond acceptors (Lipinski definition) is 3. The van der Waals surface area contributed by atoms with Gasteiger partial charge in [-0.25, -0.2) is 0 Å². The number of rotatable bonds is 3. The summed E-state index contributed by atoms with van der Waals surface area (Å²) < 4.78 is 5.70. The lowest BCUT2D eigenvalue weighted by molar-refractivity contribution is -0.0287. The first-order chi connectivity index (χ1) is 8.09. The number of hydrogen-bond donors (Lipinski definition) is 2. The summed E-state index contributed by atoms with van der Waals surface area (Å²) in [5.41, 5.74) is 0.326. The molecular weight excluding hydrogens is 238 g/mol. The first-order valence-electron chi connectivity index (χ1n) is 5.91. The molecule has 1 fully saturated rings. The Labute approximate surface area is 107 Å². The van der Waals surface area contributed by atoms with E-state index in [0.717, 1.165) is 37.2 Å². The van der Waals surface area contributed by atoms with Crippen LogP contribution in [0.4, 0.5) is 0 Å². The molecule has 4 heteroatoms. The minimum absolute atomic E-state index is 0.329. The summed E-state index contributed by atoms with van der Waals surface area (Å²) in [7, 11) is 0. The zero-order valence-corrected chi connectivity index (χ0v) is 10.8. The maximum atomic E-state index is 10.3. The average Bonchev–Trinajstić information content (AvgIpc) is 2.31. The van der Waals surface area contributed by atoms with Gasteiger partial charge >= 0.3 is 0 Å². The molecule has 0 aromatic heterocycles. The maximum Gasteiger partial charge on any atom is 0.123 e. The Bertz CT molecular complexity index is 389. The van der Waals surface area contributed by atoms with E-state index in [4.69, 9.17) is 16.3 Å². The largest absolute Gasteiger partial charge is 0.490 e. The van der Waals surface area contributed by atoms with Crippen LogP contribution in [-0.2, 0) is 0 Å². The summed E-state index contributed by atoms with van der Waals surface area (Å²) in [6.45, 7) is 3.98. The van der Waals surface area contributed by atoms with E-state index in [1.165, 1.54) is 0 Å². The smallest absolute Gasteiger partial charge is 0.123 e. The minimum Gasteiger partial charge on any atom is -0.490 e. The third-order valence-corrected chi connectivity index (χ3v) is 3.42. The van der Waals surface area contributed by atoms with Crippen molar-refractivity contribution >= 4 is 11.6 Å². The highest BCUT2D eigenvalue weighted by atomic mass is 35.5. The van der Waals surface area contributed by atoms with Crippen LogP contribution < -0.4 is 10.1 Å². The highest BCUT2D eigenvalue weighted by molar-refractivity contribution is 6.30. The van der Waals surface area contributed by atoms with Crippen LogP contribution in [0.1, 0.15) is 18.4 Å². The number of piperidine rings is 1. The molecule has 1 heterocycles. The van der Waals surface area contributed by atoms with Crippen LogP contribution in [0, 0.1) is 6.92 Å². The van der Waals surface area contributed by atoms with Gasteiger partial charge in [0.15, 0.2) is 0 Å². The molecule has 1 saturated heterocycles. The fourth-order valence-corrected chi connectivity index (χ4v) is 2.14. The van der Waals surface area contributed by atoms with Crippen LogP contribution in [0.2, 0.25) is 5.02 Å². The molecule has 3 nitrogen and oxygen atoms in total. The molecule has 0 unspecified atom stereocenters. The first kappa shape index (κ1) is 12.7. The second-order valence-corrected chi connectivity index (χ2v) is 5.11. The van der Waals surface area contributed by atoms with Gasteiger partial charge in [-0.15, -0.1) is 0 Å². The fourth-order valence-electron chi connectivity index (χ4n) is 1.98. The van der Waals surface area contributed by atoms with Crippen molar-refractivity contribution in [1.29, 1.82) is 0 Å². The van der Waals surface area contributed by atoms with Gasteiger partial charge in [0.25, 0.3) is 0 Å². The van der Waals surface area contributed by atoms with E-state index in [-0.39, 0.29) is 0 Å². The van der Waals surface area contributed by atoms with Crippen molar-refractivity contribution in [3.05, 3.63) is 28.8 Å². The van der Waals surface area contributed by atoms with Crippen LogP contribution in [0.5, 0.6) is 5.75 Å². The molecule has 2 N–H and O–H groups in total. The summed E-state index contributed by atoms with van der Waals surface area (Å²) in [4.78, 5) is 0. The zero-order valence-electron chi connectivity index (χ0n) is 10.0. The topological polar surface area (TPSA) is 41.5 Å². The van der Waals surface area contributed by atoms with Gasteiger partial charge in [-0.3, -0.25) is 0 Å². The van der Waals surface area contributed by atoms with E-state index in [2.05, 4.69) is 5.32 Å². The molecular formula is C13H18ClNO2. The molecule has 1 aromatic carbocycles. The SMILES string of the molecule is Cc1ccc(Cl)cc1OCC1(O)CCNCC1. The van der Waals surface area contributed by atoms with Gasteiger partial charge < -0.3 is 15.2 Å². The molecule has 2 rings (SSSR count). The summed E-state index contributed by atoms with van der Waals surface area (Å²) in [5, 5.41) is 14.2. The van der Waals surface area contributed by atoms with Gasteiger partial charge in [-0.05, 0) is 50.6 Å². The van der Waals surface area contributed by atoms with Crippen molar-refractivity contribution in [3.63, 3.8) is 0 Å². The summed E-state index contributed by atoms with van der Waals surface area (Å²) >= 11 is 5.92. The molecule has 0 amide bonds. The van der Waals surface area contributed by atoms with E-state index in [0.29, 0.717) is 11.6 Å². The van der Waals surface area contributed by atoms with Gasteiger partial charge in [0.1, 0.15) is 18.0 Å². The zero-order chi connectivity index (χ0) is 12.3. The van der Waals surface area contributed by atoms with Crippen LogP contribution in [0.25, 0.3) is 0 Å². The predicted molar refractivity (Wildman–Crippen MR) is 68.7 cm³/mol. The molecule has 17 heavy (non-hydrogen) atoms. The molecule has 0 saturated carbocycles. The number of nitrogens with one attached hydrogen (secondary N) is 1. The summed E-state index contributed by atoms with van der Waals surface area (Å²) in [6.07, 6.45) is 1.46. The number of ether oxygens (including phenoxy) is 1. The highest BCUT2D eigenvalue weighted by Crippen LogP contribution is 2.25. The van der Waals surface area contributed by atoms with Crippen LogP contribution in [0.15, 0.2) is 18.2 Å². The van der Waals surface area contributed by atoms with E-state index < -0.39 is 5.60 Å². The van der Waals surface area contributed by atoms with Crippen LogP contribution in [0.3, 0.4) is 0 Å². The molecule has 0 bridgehead atoms. The lowest BCUT2D eigenvalue weighted by atomic mass is 9.93. The van der Waals surface area contributed by atoms with Gasteiger partial charge in [0.2, 0.25) is 0 Å². The van der Waals surface area contributed by atoms with Gasteiger partial charge in [-0.2, -0.15) is 0 Å². The van der Waals surface area contributed by atoms with E-state index >= 15 is 0 Å². The Hall–Kier alpha value is -0.770. The molecule has 0 radical (unpaired) electrons. The second-order valence-electron chi connectivity index (χ2n) is 4.67.